The summed E-state index contributed by atoms with van der Waals surface area (Å²) in [7, 11) is 0. The molecule has 0 N–H and O–H groups in total. The lowest BCUT2D eigenvalue weighted by molar-refractivity contribution is -0.134. The molecule has 1 atom stereocenters. The average Bonchev–Trinajstić information content (AvgIpc) is 3.03. The molecular weight excluding hydrogens is 338 g/mol. The zero-order chi connectivity index (χ0) is 16.2. The molecule has 1 aliphatic rings. The molecule has 0 saturated carbocycles. The number of halogens is 1. The highest BCUT2D eigenvalue weighted by atomic mass is 35.5. The topological polar surface area (TPSA) is 73.1 Å². The molecule has 3 rings (SSSR count). The molecule has 1 aliphatic heterocycles. The third-order valence-electron chi connectivity index (χ3n) is 3.45. The fraction of sp³-hybridized carbons (Fsp3) is 0.429. The Morgan fingerprint density at radius 2 is 2.17 bits per heavy atom. The number of hydrogen-bond acceptors (Lipinski definition) is 6. The standard InChI is InChI=1S/C14H16ClN5O2S/c1-10(13(21)19-5-7-22-8-6-19)23-14-16-17-18-20(14)12-4-2-3-11(15)9-12/h2-4,9-10H,5-8H2,1H3. The molecule has 1 aromatic heterocycles. The lowest BCUT2D eigenvalue weighted by Gasteiger charge is -2.28. The summed E-state index contributed by atoms with van der Waals surface area (Å²) >= 11 is 7.34. The minimum atomic E-state index is -0.281. The van der Waals surface area contributed by atoms with Gasteiger partial charge in [0.25, 0.3) is 0 Å². The van der Waals surface area contributed by atoms with E-state index < -0.39 is 0 Å². The van der Waals surface area contributed by atoms with E-state index in [9.17, 15) is 4.79 Å². The van der Waals surface area contributed by atoms with Crippen molar-refractivity contribution in [1.29, 1.82) is 0 Å². The van der Waals surface area contributed by atoms with Crippen molar-refractivity contribution >= 4 is 29.3 Å². The Hall–Kier alpha value is -1.64. The molecule has 1 amide bonds. The van der Waals surface area contributed by atoms with Crippen LogP contribution in [0.25, 0.3) is 5.69 Å². The van der Waals surface area contributed by atoms with Crippen molar-refractivity contribution in [2.75, 3.05) is 26.3 Å². The van der Waals surface area contributed by atoms with E-state index in [4.69, 9.17) is 16.3 Å². The summed E-state index contributed by atoms with van der Waals surface area (Å²) in [6.45, 7) is 4.29. The second kappa shape index (κ2) is 7.29. The Bertz CT molecular complexity index is 689. The van der Waals surface area contributed by atoms with Gasteiger partial charge >= 0.3 is 0 Å². The Balaban J connectivity index is 1.73. The van der Waals surface area contributed by atoms with Crippen LogP contribution in [0.2, 0.25) is 5.02 Å². The molecule has 122 valence electrons. The van der Waals surface area contributed by atoms with Crippen LogP contribution in [-0.4, -0.2) is 62.6 Å². The van der Waals surface area contributed by atoms with Gasteiger partial charge in [0.1, 0.15) is 0 Å². The van der Waals surface area contributed by atoms with E-state index in [-0.39, 0.29) is 11.2 Å². The Labute approximate surface area is 142 Å². The first-order chi connectivity index (χ1) is 11.1. The van der Waals surface area contributed by atoms with Crippen molar-refractivity contribution in [2.24, 2.45) is 0 Å². The van der Waals surface area contributed by atoms with Crippen LogP contribution < -0.4 is 0 Å². The molecule has 1 fully saturated rings. The number of carbonyl (C=O) groups excluding carboxylic acids is 1. The number of hydrogen-bond donors (Lipinski definition) is 0. The second-order valence-electron chi connectivity index (χ2n) is 5.05. The summed E-state index contributed by atoms with van der Waals surface area (Å²) in [5.74, 6) is 0.0685. The molecule has 1 saturated heterocycles. The number of ether oxygens (including phenoxy) is 1. The number of aromatic nitrogens is 4. The second-order valence-corrected chi connectivity index (χ2v) is 6.80. The highest BCUT2D eigenvalue weighted by molar-refractivity contribution is 8.00. The first-order valence-corrected chi connectivity index (χ1v) is 8.48. The molecular formula is C14H16ClN5O2S. The van der Waals surface area contributed by atoms with Gasteiger partial charge < -0.3 is 9.64 Å². The molecule has 9 heteroatoms. The van der Waals surface area contributed by atoms with Gasteiger partial charge in [-0.25, -0.2) is 0 Å². The number of morpholine rings is 1. The zero-order valence-electron chi connectivity index (χ0n) is 12.6. The van der Waals surface area contributed by atoms with Gasteiger partial charge in [-0.3, -0.25) is 4.79 Å². The predicted molar refractivity (Wildman–Crippen MR) is 86.9 cm³/mol. The van der Waals surface area contributed by atoms with Gasteiger partial charge in [-0.05, 0) is 35.5 Å². The van der Waals surface area contributed by atoms with E-state index in [0.29, 0.717) is 36.5 Å². The third kappa shape index (κ3) is 3.82. The van der Waals surface area contributed by atoms with E-state index in [1.165, 1.54) is 11.8 Å². The van der Waals surface area contributed by atoms with E-state index in [2.05, 4.69) is 15.5 Å². The predicted octanol–water partition coefficient (Wildman–Crippen LogP) is 1.66. The SMILES string of the molecule is CC(Sc1nnnn1-c1cccc(Cl)c1)C(=O)N1CCOCC1. The molecule has 0 spiro atoms. The summed E-state index contributed by atoms with van der Waals surface area (Å²) in [6, 6.07) is 7.25. The Morgan fingerprint density at radius 1 is 1.39 bits per heavy atom. The van der Waals surface area contributed by atoms with Gasteiger partial charge in [-0.1, -0.05) is 29.4 Å². The molecule has 23 heavy (non-hydrogen) atoms. The maximum atomic E-state index is 12.5. The highest BCUT2D eigenvalue weighted by Crippen LogP contribution is 2.25. The van der Waals surface area contributed by atoms with Crippen molar-refractivity contribution < 1.29 is 9.53 Å². The van der Waals surface area contributed by atoms with E-state index in [1.807, 2.05) is 24.0 Å². The van der Waals surface area contributed by atoms with Crippen LogP contribution in [0.3, 0.4) is 0 Å². The van der Waals surface area contributed by atoms with E-state index in [0.717, 1.165) is 5.69 Å². The fourth-order valence-electron chi connectivity index (χ4n) is 2.27. The van der Waals surface area contributed by atoms with Crippen LogP contribution in [0.1, 0.15) is 6.92 Å². The molecule has 0 bridgehead atoms. The molecule has 1 unspecified atom stereocenters. The Morgan fingerprint density at radius 3 is 2.91 bits per heavy atom. The number of tetrazole rings is 1. The van der Waals surface area contributed by atoms with Crippen LogP contribution in [0.5, 0.6) is 0 Å². The summed E-state index contributed by atoms with van der Waals surface area (Å²) in [4.78, 5) is 14.3. The molecule has 1 aromatic carbocycles. The normalized spacial score (nSPS) is 16.3. The monoisotopic (exact) mass is 353 g/mol. The number of benzene rings is 1. The van der Waals surface area contributed by atoms with Crippen molar-refractivity contribution in [3.63, 3.8) is 0 Å². The lowest BCUT2D eigenvalue weighted by Crippen LogP contribution is -2.44. The third-order valence-corrected chi connectivity index (χ3v) is 4.70. The molecule has 0 aliphatic carbocycles. The van der Waals surface area contributed by atoms with Crippen molar-refractivity contribution in [2.45, 2.75) is 17.3 Å². The largest absolute Gasteiger partial charge is 0.378 e. The summed E-state index contributed by atoms with van der Waals surface area (Å²) < 4.78 is 6.86. The van der Waals surface area contributed by atoms with E-state index in [1.54, 1.807) is 16.8 Å². The van der Waals surface area contributed by atoms with Crippen LogP contribution >= 0.6 is 23.4 Å². The van der Waals surface area contributed by atoms with Crippen LogP contribution in [0.4, 0.5) is 0 Å². The first-order valence-electron chi connectivity index (χ1n) is 7.22. The number of thioether (sulfide) groups is 1. The Kier molecular flexibility index (Phi) is 5.14. The van der Waals surface area contributed by atoms with Crippen LogP contribution in [0.15, 0.2) is 29.4 Å². The number of amides is 1. The minimum Gasteiger partial charge on any atom is -0.378 e. The number of nitrogens with zero attached hydrogens (tertiary/aromatic N) is 5. The quantitative estimate of drug-likeness (QED) is 0.778. The first kappa shape index (κ1) is 16.2. The minimum absolute atomic E-state index is 0.0685. The summed E-state index contributed by atoms with van der Waals surface area (Å²) in [6.07, 6.45) is 0. The van der Waals surface area contributed by atoms with Crippen molar-refractivity contribution in [3.8, 4) is 5.69 Å². The number of rotatable bonds is 4. The molecule has 0 radical (unpaired) electrons. The summed E-state index contributed by atoms with van der Waals surface area (Å²) in [5.41, 5.74) is 0.760. The highest BCUT2D eigenvalue weighted by Gasteiger charge is 2.25. The molecule has 7 nitrogen and oxygen atoms in total. The average molecular weight is 354 g/mol. The smallest absolute Gasteiger partial charge is 0.236 e. The lowest BCUT2D eigenvalue weighted by atomic mass is 10.3. The fourth-order valence-corrected chi connectivity index (χ4v) is 3.35. The molecule has 2 aromatic rings. The van der Waals surface area contributed by atoms with Crippen molar-refractivity contribution in [1.82, 2.24) is 25.1 Å². The van der Waals surface area contributed by atoms with Crippen molar-refractivity contribution in [3.05, 3.63) is 29.3 Å². The van der Waals surface area contributed by atoms with Gasteiger partial charge in [0, 0.05) is 18.1 Å². The number of carbonyl (C=O) groups is 1. The maximum Gasteiger partial charge on any atom is 0.236 e. The maximum absolute atomic E-state index is 12.5. The van der Waals surface area contributed by atoms with Gasteiger partial charge in [0.05, 0.1) is 24.2 Å². The zero-order valence-corrected chi connectivity index (χ0v) is 14.1. The van der Waals surface area contributed by atoms with Crippen LogP contribution in [0, 0.1) is 0 Å². The summed E-state index contributed by atoms with van der Waals surface area (Å²) in [5, 5.41) is 12.6. The van der Waals surface area contributed by atoms with E-state index >= 15 is 0 Å². The van der Waals surface area contributed by atoms with Gasteiger partial charge in [-0.15, -0.1) is 5.10 Å². The van der Waals surface area contributed by atoms with Gasteiger partial charge in [0.15, 0.2) is 0 Å². The van der Waals surface area contributed by atoms with Crippen LogP contribution in [-0.2, 0) is 9.53 Å². The molecule has 2 heterocycles. The van der Waals surface area contributed by atoms with Gasteiger partial charge in [0.2, 0.25) is 11.1 Å². The van der Waals surface area contributed by atoms with Gasteiger partial charge in [-0.2, -0.15) is 4.68 Å².